The van der Waals surface area contributed by atoms with Gasteiger partial charge >= 0.3 is 0 Å². The summed E-state index contributed by atoms with van der Waals surface area (Å²) in [4.78, 5) is 14.5. The summed E-state index contributed by atoms with van der Waals surface area (Å²) in [5.74, 6) is -1.58. The largest absolute Gasteiger partial charge is 0.336 e. The summed E-state index contributed by atoms with van der Waals surface area (Å²) in [5.41, 5.74) is 0.687. The highest BCUT2D eigenvalue weighted by molar-refractivity contribution is 6.00. The van der Waals surface area contributed by atoms with Crippen LogP contribution < -0.4 is 5.32 Å². The number of piperazine rings is 1. The summed E-state index contributed by atoms with van der Waals surface area (Å²) in [6, 6.07) is 3.47. The van der Waals surface area contributed by atoms with Gasteiger partial charge in [-0.1, -0.05) is 0 Å². The van der Waals surface area contributed by atoms with E-state index >= 15 is 0 Å². The molecule has 5 nitrogen and oxygen atoms in total. The monoisotopic (exact) mass is 320 g/mol. The molecule has 1 amide bonds. The van der Waals surface area contributed by atoms with Crippen molar-refractivity contribution in [1.82, 2.24) is 20.0 Å². The molecule has 0 aliphatic carbocycles. The predicted molar refractivity (Wildman–Crippen MR) is 81.9 cm³/mol. The van der Waals surface area contributed by atoms with Crippen molar-refractivity contribution in [3.63, 3.8) is 0 Å². The first-order chi connectivity index (χ1) is 11.0. The number of hydrogen-bond acceptors (Lipinski definition) is 3. The quantitative estimate of drug-likeness (QED) is 0.918. The van der Waals surface area contributed by atoms with E-state index in [2.05, 4.69) is 10.4 Å². The van der Waals surface area contributed by atoms with Gasteiger partial charge in [-0.2, -0.15) is 5.10 Å². The van der Waals surface area contributed by atoms with Crippen molar-refractivity contribution in [2.75, 3.05) is 19.6 Å². The van der Waals surface area contributed by atoms with Gasteiger partial charge in [0.1, 0.15) is 17.3 Å². The van der Waals surface area contributed by atoms with Crippen LogP contribution in [0.5, 0.6) is 0 Å². The zero-order chi connectivity index (χ0) is 16.6. The summed E-state index contributed by atoms with van der Waals surface area (Å²) in [5, 5.41) is 7.47. The zero-order valence-electron chi connectivity index (χ0n) is 13.0. The van der Waals surface area contributed by atoms with Crippen LogP contribution in [0.2, 0.25) is 0 Å². The van der Waals surface area contributed by atoms with Crippen LogP contribution in [-0.4, -0.2) is 46.3 Å². The van der Waals surface area contributed by atoms with Gasteiger partial charge in [-0.3, -0.25) is 9.48 Å². The summed E-state index contributed by atoms with van der Waals surface area (Å²) in [6.07, 6.45) is 1.58. The standard InChI is InChI=1S/C16H18F2N4O/c1-10-8-22(6-5-19-10)16(23)13-9-21(2)20-15(13)12-4-3-11(17)7-14(12)18/h3-4,7,9-10,19H,5-6,8H2,1-2H3. The minimum Gasteiger partial charge on any atom is -0.336 e. The molecule has 2 heterocycles. The van der Waals surface area contributed by atoms with Gasteiger partial charge in [-0.05, 0) is 19.1 Å². The number of rotatable bonds is 2. The van der Waals surface area contributed by atoms with E-state index in [0.29, 0.717) is 25.2 Å². The molecule has 3 rings (SSSR count). The number of amides is 1. The fourth-order valence-electron chi connectivity index (χ4n) is 2.81. The molecule has 2 aromatic rings. The Labute approximate surface area is 132 Å². The lowest BCUT2D eigenvalue weighted by Gasteiger charge is -2.31. The van der Waals surface area contributed by atoms with E-state index in [0.717, 1.165) is 12.1 Å². The van der Waals surface area contributed by atoms with Crippen molar-refractivity contribution in [2.24, 2.45) is 7.05 Å². The number of aryl methyl sites for hydroxylation is 1. The van der Waals surface area contributed by atoms with Crippen LogP contribution in [0, 0.1) is 11.6 Å². The van der Waals surface area contributed by atoms with Gasteiger partial charge < -0.3 is 10.2 Å². The summed E-state index contributed by atoms with van der Waals surface area (Å²) in [6.45, 7) is 3.89. The Bertz CT molecular complexity index is 744. The zero-order valence-corrected chi connectivity index (χ0v) is 13.0. The Hall–Kier alpha value is -2.28. The van der Waals surface area contributed by atoms with Crippen LogP contribution in [-0.2, 0) is 7.05 Å². The predicted octanol–water partition coefficient (Wildman–Crippen LogP) is 1.80. The molecule has 0 saturated carbocycles. The van der Waals surface area contributed by atoms with Crippen LogP contribution >= 0.6 is 0 Å². The van der Waals surface area contributed by atoms with E-state index in [1.807, 2.05) is 6.92 Å². The van der Waals surface area contributed by atoms with E-state index in [4.69, 9.17) is 0 Å². The van der Waals surface area contributed by atoms with Crippen LogP contribution in [0.3, 0.4) is 0 Å². The molecule has 0 spiro atoms. The van der Waals surface area contributed by atoms with Gasteiger partial charge in [-0.15, -0.1) is 0 Å². The minimum absolute atomic E-state index is 0.124. The number of carbonyl (C=O) groups is 1. The van der Waals surface area contributed by atoms with E-state index in [9.17, 15) is 13.6 Å². The van der Waals surface area contributed by atoms with Crippen LogP contribution in [0.4, 0.5) is 8.78 Å². The summed E-state index contributed by atoms with van der Waals surface area (Å²) in [7, 11) is 1.67. The molecule has 1 N–H and O–H groups in total. The first-order valence-corrected chi connectivity index (χ1v) is 7.47. The summed E-state index contributed by atoms with van der Waals surface area (Å²) >= 11 is 0. The topological polar surface area (TPSA) is 50.2 Å². The molecule has 0 bridgehead atoms. The van der Waals surface area contributed by atoms with E-state index < -0.39 is 11.6 Å². The summed E-state index contributed by atoms with van der Waals surface area (Å²) < 4.78 is 28.7. The van der Waals surface area contributed by atoms with Crippen LogP contribution in [0.15, 0.2) is 24.4 Å². The lowest BCUT2D eigenvalue weighted by Crippen LogP contribution is -2.51. The highest BCUT2D eigenvalue weighted by Gasteiger charge is 2.26. The Morgan fingerprint density at radius 2 is 2.17 bits per heavy atom. The second-order valence-corrected chi connectivity index (χ2v) is 5.80. The average Bonchev–Trinajstić information content (AvgIpc) is 2.88. The van der Waals surface area contributed by atoms with Crippen molar-refractivity contribution in [3.05, 3.63) is 41.6 Å². The Kier molecular flexibility index (Phi) is 4.12. The third-order valence-corrected chi connectivity index (χ3v) is 3.90. The molecule has 0 radical (unpaired) electrons. The number of nitrogens with one attached hydrogen (secondary N) is 1. The maximum atomic E-state index is 14.1. The molecule has 1 aromatic heterocycles. The van der Waals surface area contributed by atoms with Crippen molar-refractivity contribution in [2.45, 2.75) is 13.0 Å². The molecule has 23 heavy (non-hydrogen) atoms. The number of benzene rings is 1. The Morgan fingerprint density at radius 1 is 1.39 bits per heavy atom. The number of halogens is 2. The third-order valence-electron chi connectivity index (χ3n) is 3.90. The van der Waals surface area contributed by atoms with E-state index in [-0.39, 0.29) is 23.2 Å². The molecule has 1 atom stereocenters. The first-order valence-electron chi connectivity index (χ1n) is 7.47. The number of nitrogens with zero attached hydrogens (tertiary/aromatic N) is 3. The molecule has 1 saturated heterocycles. The molecule has 1 aliphatic rings. The molecule has 1 aliphatic heterocycles. The van der Waals surface area contributed by atoms with E-state index in [1.165, 1.54) is 10.7 Å². The Morgan fingerprint density at radius 3 is 2.87 bits per heavy atom. The van der Waals surface area contributed by atoms with Gasteiger partial charge in [0.05, 0.1) is 5.56 Å². The molecule has 1 unspecified atom stereocenters. The number of hydrogen-bond donors (Lipinski definition) is 1. The van der Waals surface area contributed by atoms with Crippen LogP contribution in [0.1, 0.15) is 17.3 Å². The highest BCUT2D eigenvalue weighted by atomic mass is 19.1. The van der Waals surface area contributed by atoms with Gasteiger partial charge in [0, 0.05) is 50.6 Å². The van der Waals surface area contributed by atoms with Crippen molar-refractivity contribution in [1.29, 1.82) is 0 Å². The van der Waals surface area contributed by atoms with Gasteiger partial charge in [0.25, 0.3) is 5.91 Å². The van der Waals surface area contributed by atoms with E-state index in [1.54, 1.807) is 18.1 Å². The second-order valence-electron chi connectivity index (χ2n) is 5.80. The normalized spacial score (nSPS) is 18.3. The van der Waals surface area contributed by atoms with Gasteiger partial charge in [0.15, 0.2) is 0 Å². The first kappa shape index (κ1) is 15.6. The van der Waals surface area contributed by atoms with Crippen molar-refractivity contribution in [3.8, 4) is 11.3 Å². The molecular formula is C16H18F2N4O. The maximum Gasteiger partial charge on any atom is 0.257 e. The molecule has 1 aromatic carbocycles. The Balaban J connectivity index is 1.99. The lowest BCUT2D eigenvalue weighted by molar-refractivity contribution is 0.0710. The maximum absolute atomic E-state index is 14.1. The second kappa shape index (κ2) is 6.08. The van der Waals surface area contributed by atoms with Crippen molar-refractivity contribution >= 4 is 5.91 Å². The number of aromatic nitrogens is 2. The van der Waals surface area contributed by atoms with Crippen LogP contribution in [0.25, 0.3) is 11.3 Å². The highest BCUT2D eigenvalue weighted by Crippen LogP contribution is 2.26. The van der Waals surface area contributed by atoms with Gasteiger partial charge in [0.2, 0.25) is 0 Å². The molecule has 122 valence electrons. The number of carbonyl (C=O) groups excluding carboxylic acids is 1. The fourth-order valence-corrected chi connectivity index (χ4v) is 2.81. The minimum atomic E-state index is -0.730. The van der Waals surface area contributed by atoms with Gasteiger partial charge in [-0.25, -0.2) is 8.78 Å². The molecule has 7 heteroatoms. The smallest absolute Gasteiger partial charge is 0.257 e. The molecule has 1 fully saturated rings. The molecular weight excluding hydrogens is 302 g/mol. The lowest BCUT2D eigenvalue weighted by atomic mass is 10.1. The SMILES string of the molecule is CC1CN(C(=O)c2cn(C)nc2-c2ccc(F)cc2F)CCN1. The average molecular weight is 320 g/mol. The fraction of sp³-hybridized carbons (Fsp3) is 0.375. The third kappa shape index (κ3) is 3.10. The van der Waals surface area contributed by atoms with Crippen molar-refractivity contribution < 1.29 is 13.6 Å².